The molecule has 2 aromatic carbocycles. The molecule has 1 aromatic heterocycles. The van der Waals surface area contributed by atoms with Gasteiger partial charge in [0, 0.05) is 38.6 Å². The number of halogens is 2. The van der Waals surface area contributed by atoms with Crippen molar-refractivity contribution in [2.75, 3.05) is 18.0 Å². The van der Waals surface area contributed by atoms with Gasteiger partial charge >= 0.3 is 0 Å². The van der Waals surface area contributed by atoms with Crippen LogP contribution in [0.4, 0.5) is 6.01 Å². The predicted molar refractivity (Wildman–Crippen MR) is 122 cm³/mol. The molecule has 5 rings (SSSR count). The van der Waals surface area contributed by atoms with Gasteiger partial charge in [-0.3, -0.25) is 4.79 Å². The number of amides is 1. The lowest BCUT2D eigenvalue weighted by Gasteiger charge is -2.30. The molecule has 1 saturated heterocycles. The van der Waals surface area contributed by atoms with Gasteiger partial charge in [0.05, 0.1) is 0 Å². The first-order chi connectivity index (χ1) is 13.8. The maximum atomic E-state index is 12.6. The van der Waals surface area contributed by atoms with E-state index in [9.17, 15) is 4.79 Å². The number of hydrogen-bond donors (Lipinski definition) is 2. The fraction of sp³-hybridized carbons (Fsp3) is 0.364. The molecule has 0 bridgehead atoms. The minimum absolute atomic E-state index is 0. The van der Waals surface area contributed by atoms with Crippen LogP contribution in [0, 0.1) is 5.92 Å². The fourth-order valence-electron chi connectivity index (χ4n) is 4.12. The van der Waals surface area contributed by atoms with Gasteiger partial charge in [0.2, 0.25) is 5.91 Å². The molecule has 6 nitrogen and oxygen atoms in total. The summed E-state index contributed by atoms with van der Waals surface area (Å²) in [5, 5.41) is 6.47. The van der Waals surface area contributed by atoms with E-state index >= 15 is 0 Å². The van der Waals surface area contributed by atoms with E-state index < -0.39 is 0 Å². The Hall–Kier alpha value is -2.28. The second-order valence-corrected chi connectivity index (χ2v) is 7.65. The highest BCUT2D eigenvalue weighted by molar-refractivity contribution is 5.85. The highest BCUT2D eigenvalue weighted by Gasteiger charge is 2.27. The summed E-state index contributed by atoms with van der Waals surface area (Å²) >= 11 is 0. The molecule has 2 aliphatic rings. The molecule has 0 unspecified atom stereocenters. The molecule has 0 saturated carbocycles. The zero-order valence-corrected chi connectivity index (χ0v) is 18.2. The van der Waals surface area contributed by atoms with Crippen molar-refractivity contribution in [1.82, 2.24) is 15.6 Å². The largest absolute Gasteiger partial charge is 0.423 e. The van der Waals surface area contributed by atoms with Crippen molar-refractivity contribution in [3.8, 4) is 0 Å². The summed E-state index contributed by atoms with van der Waals surface area (Å²) in [4.78, 5) is 19.3. The number of para-hydroxylation sites is 2. The minimum Gasteiger partial charge on any atom is -0.423 e. The number of nitrogens with zero attached hydrogens (tertiary/aromatic N) is 2. The van der Waals surface area contributed by atoms with Crippen LogP contribution in [-0.4, -0.2) is 24.0 Å². The summed E-state index contributed by atoms with van der Waals surface area (Å²) in [5.74, 6) is 0.201. The highest BCUT2D eigenvalue weighted by Crippen LogP contribution is 2.26. The van der Waals surface area contributed by atoms with Gasteiger partial charge in [-0.25, -0.2) is 0 Å². The average Bonchev–Trinajstić information content (AvgIpc) is 3.38. The van der Waals surface area contributed by atoms with Crippen molar-refractivity contribution < 1.29 is 9.21 Å². The SMILES string of the molecule is Cl.Cl.O=C(NCc1ccc2c(c1)CNC2)C1CCN(c2nc3ccccc3o2)CC1. The van der Waals surface area contributed by atoms with Crippen LogP contribution in [0.25, 0.3) is 11.1 Å². The Morgan fingerprint density at radius 3 is 2.67 bits per heavy atom. The van der Waals surface area contributed by atoms with E-state index in [0.717, 1.165) is 50.1 Å². The third-order valence-electron chi connectivity index (χ3n) is 5.79. The number of hydrogen-bond acceptors (Lipinski definition) is 5. The van der Waals surface area contributed by atoms with E-state index in [4.69, 9.17) is 4.42 Å². The lowest BCUT2D eigenvalue weighted by atomic mass is 9.96. The second kappa shape index (κ2) is 9.69. The summed E-state index contributed by atoms with van der Waals surface area (Å²) in [7, 11) is 0. The van der Waals surface area contributed by atoms with Crippen LogP contribution in [0.2, 0.25) is 0 Å². The quantitative estimate of drug-likeness (QED) is 0.634. The smallest absolute Gasteiger partial charge is 0.298 e. The van der Waals surface area contributed by atoms with Crippen molar-refractivity contribution in [3.05, 3.63) is 59.2 Å². The van der Waals surface area contributed by atoms with E-state index in [1.165, 1.54) is 16.7 Å². The standard InChI is InChI=1S/C22H24N4O2.2ClH/c27-21(24-12-15-5-6-17-13-23-14-18(17)11-15)16-7-9-26(10-8-16)22-25-19-3-1-2-4-20(19)28-22;;/h1-6,11,16,23H,7-10,12-14H2,(H,24,27);2*1H. The Labute approximate surface area is 188 Å². The highest BCUT2D eigenvalue weighted by atomic mass is 35.5. The van der Waals surface area contributed by atoms with Crippen LogP contribution in [-0.2, 0) is 24.4 Å². The van der Waals surface area contributed by atoms with Crippen molar-refractivity contribution in [2.45, 2.75) is 32.5 Å². The van der Waals surface area contributed by atoms with Gasteiger partial charge in [0.25, 0.3) is 6.01 Å². The lowest BCUT2D eigenvalue weighted by molar-refractivity contribution is -0.125. The Morgan fingerprint density at radius 1 is 1.10 bits per heavy atom. The van der Waals surface area contributed by atoms with E-state index in [1.807, 2.05) is 24.3 Å². The van der Waals surface area contributed by atoms with Gasteiger partial charge < -0.3 is 20.0 Å². The molecule has 30 heavy (non-hydrogen) atoms. The zero-order chi connectivity index (χ0) is 18.9. The molecule has 3 heterocycles. The van der Waals surface area contributed by atoms with Crippen LogP contribution in [0.15, 0.2) is 46.9 Å². The molecule has 2 aliphatic heterocycles. The molecule has 160 valence electrons. The molecular weight excluding hydrogens is 423 g/mol. The Morgan fingerprint density at radius 2 is 1.87 bits per heavy atom. The number of fused-ring (bicyclic) bond motifs is 2. The number of aromatic nitrogens is 1. The molecule has 1 amide bonds. The number of piperidine rings is 1. The third kappa shape index (κ3) is 4.56. The Bertz CT molecular complexity index is 982. The summed E-state index contributed by atoms with van der Waals surface area (Å²) in [6.45, 7) is 4.04. The minimum atomic E-state index is 0. The van der Waals surface area contributed by atoms with Gasteiger partial charge in [0.15, 0.2) is 5.58 Å². The fourth-order valence-corrected chi connectivity index (χ4v) is 4.12. The molecule has 0 spiro atoms. The van der Waals surface area contributed by atoms with Crippen LogP contribution in [0.5, 0.6) is 0 Å². The first-order valence-corrected chi connectivity index (χ1v) is 9.96. The maximum absolute atomic E-state index is 12.6. The Kier molecular flexibility index (Phi) is 7.23. The van der Waals surface area contributed by atoms with Crippen molar-refractivity contribution in [1.29, 1.82) is 0 Å². The molecule has 0 atom stereocenters. The molecule has 2 N–H and O–H groups in total. The zero-order valence-electron chi connectivity index (χ0n) is 16.6. The monoisotopic (exact) mass is 448 g/mol. The number of oxazole rings is 1. The number of carbonyl (C=O) groups is 1. The summed E-state index contributed by atoms with van der Waals surface area (Å²) in [6.07, 6.45) is 1.64. The summed E-state index contributed by atoms with van der Waals surface area (Å²) in [5.41, 5.74) is 5.56. The van der Waals surface area contributed by atoms with E-state index in [1.54, 1.807) is 0 Å². The number of anilines is 1. The van der Waals surface area contributed by atoms with Gasteiger partial charge in [-0.05, 0) is 41.7 Å². The molecule has 3 aromatic rings. The number of carbonyl (C=O) groups excluding carboxylic acids is 1. The van der Waals surface area contributed by atoms with Crippen molar-refractivity contribution in [2.24, 2.45) is 5.92 Å². The van der Waals surface area contributed by atoms with Gasteiger partial charge in [0.1, 0.15) is 5.52 Å². The average molecular weight is 449 g/mol. The topological polar surface area (TPSA) is 70.4 Å². The first-order valence-electron chi connectivity index (χ1n) is 9.96. The van der Waals surface area contributed by atoms with E-state index in [2.05, 4.69) is 38.7 Å². The van der Waals surface area contributed by atoms with Crippen LogP contribution in [0.3, 0.4) is 0 Å². The first kappa shape index (κ1) is 22.4. The van der Waals surface area contributed by atoms with Crippen LogP contribution < -0.4 is 15.5 Å². The number of rotatable bonds is 4. The van der Waals surface area contributed by atoms with Crippen LogP contribution in [0.1, 0.15) is 29.5 Å². The van der Waals surface area contributed by atoms with E-state index in [0.29, 0.717) is 12.6 Å². The van der Waals surface area contributed by atoms with Crippen LogP contribution >= 0.6 is 24.8 Å². The summed E-state index contributed by atoms with van der Waals surface area (Å²) in [6, 6.07) is 14.9. The Balaban J connectivity index is 0.00000128. The van der Waals surface area contributed by atoms with Crippen molar-refractivity contribution >= 4 is 47.8 Å². The molecule has 8 heteroatoms. The maximum Gasteiger partial charge on any atom is 0.298 e. The second-order valence-electron chi connectivity index (χ2n) is 7.65. The van der Waals surface area contributed by atoms with Gasteiger partial charge in [-0.15, -0.1) is 24.8 Å². The normalized spacial score (nSPS) is 15.9. The summed E-state index contributed by atoms with van der Waals surface area (Å²) < 4.78 is 5.85. The number of benzene rings is 2. The predicted octanol–water partition coefficient (Wildman–Crippen LogP) is 3.81. The number of nitrogens with one attached hydrogen (secondary N) is 2. The molecule has 0 radical (unpaired) electrons. The lowest BCUT2D eigenvalue weighted by Crippen LogP contribution is -2.40. The van der Waals surface area contributed by atoms with Gasteiger partial charge in [-0.1, -0.05) is 30.3 Å². The third-order valence-corrected chi connectivity index (χ3v) is 5.79. The molecular formula is C22H26Cl2N4O2. The molecule has 0 aliphatic carbocycles. The van der Waals surface area contributed by atoms with Crippen molar-refractivity contribution in [3.63, 3.8) is 0 Å². The van der Waals surface area contributed by atoms with Gasteiger partial charge in [-0.2, -0.15) is 4.98 Å². The molecule has 1 fully saturated rings. The van der Waals surface area contributed by atoms with E-state index in [-0.39, 0.29) is 36.6 Å².